The average Bonchev–Trinajstić information content (AvgIpc) is 3.07. The number of amides is 2. The second kappa shape index (κ2) is 12.5. The number of aryl methyl sites for hydroxylation is 1. The SMILES string of the molecule is COc1ccc(CCC(=O)N2CCCN(CCC(=O)Nc3cc(Cl)ccc3OC)CC2)cc1. The molecule has 0 bridgehead atoms. The summed E-state index contributed by atoms with van der Waals surface area (Å²) in [5, 5.41) is 3.41. The van der Waals surface area contributed by atoms with Gasteiger partial charge in [-0.3, -0.25) is 9.59 Å². The van der Waals surface area contributed by atoms with E-state index < -0.39 is 0 Å². The van der Waals surface area contributed by atoms with Crippen molar-refractivity contribution in [2.24, 2.45) is 0 Å². The number of anilines is 1. The Kier molecular flexibility index (Phi) is 9.39. The number of ether oxygens (including phenoxy) is 2. The summed E-state index contributed by atoms with van der Waals surface area (Å²) < 4.78 is 10.5. The van der Waals surface area contributed by atoms with Crippen LogP contribution in [0.4, 0.5) is 5.69 Å². The first-order valence-electron chi connectivity index (χ1n) is 11.2. The van der Waals surface area contributed by atoms with E-state index in [0.29, 0.717) is 42.4 Å². The summed E-state index contributed by atoms with van der Waals surface area (Å²) in [5.41, 5.74) is 1.70. The van der Waals surface area contributed by atoms with Crippen LogP contribution in [0.5, 0.6) is 11.5 Å². The third-order valence-electron chi connectivity index (χ3n) is 5.82. The van der Waals surface area contributed by atoms with Gasteiger partial charge in [0, 0.05) is 44.0 Å². The molecule has 0 radical (unpaired) electrons. The summed E-state index contributed by atoms with van der Waals surface area (Å²) in [7, 11) is 3.20. The van der Waals surface area contributed by atoms with Crippen molar-refractivity contribution in [1.29, 1.82) is 0 Å². The van der Waals surface area contributed by atoms with Crippen LogP contribution in [0.3, 0.4) is 0 Å². The van der Waals surface area contributed by atoms with Crippen LogP contribution in [0, 0.1) is 0 Å². The van der Waals surface area contributed by atoms with Gasteiger partial charge in [-0.05, 0) is 55.3 Å². The molecule has 1 fully saturated rings. The lowest BCUT2D eigenvalue weighted by Crippen LogP contribution is -2.36. The topological polar surface area (TPSA) is 71.1 Å². The van der Waals surface area contributed by atoms with E-state index in [4.69, 9.17) is 21.1 Å². The van der Waals surface area contributed by atoms with Crippen molar-refractivity contribution in [2.45, 2.75) is 25.7 Å². The molecule has 0 atom stereocenters. The quantitative estimate of drug-likeness (QED) is 0.599. The highest BCUT2D eigenvalue weighted by atomic mass is 35.5. The Bertz CT molecular complexity index is 936. The zero-order chi connectivity index (χ0) is 23.6. The Morgan fingerprint density at radius 1 is 0.970 bits per heavy atom. The van der Waals surface area contributed by atoms with Gasteiger partial charge in [0.25, 0.3) is 0 Å². The molecule has 33 heavy (non-hydrogen) atoms. The van der Waals surface area contributed by atoms with Gasteiger partial charge in [0.05, 0.1) is 19.9 Å². The zero-order valence-corrected chi connectivity index (χ0v) is 20.1. The number of methoxy groups -OCH3 is 2. The van der Waals surface area contributed by atoms with Gasteiger partial charge in [-0.25, -0.2) is 0 Å². The summed E-state index contributed by atoms with van der Waals surface area (Å²) in [5.74, 6) is 1.48. The third-order valence-corrected chi connectivity index (χ3v) is 6.05. The molecule has 8 heteroatoms. The number of hydrogen-bond donors (Lipinski definition) is 1. The maximum Gasteiger partial charge on any atom is 0.225 e. The molecule has 0 spiro atoms. The molecule has 0 unspecified atom stereocenters. The van der Waals surface area contributed by atoms with Crippen molar-refractivity contribution in [3.05, 3.63) is 53.1 Å². The molecular weight excluding hydrogens is 442 g/mol. The molecule has 0 saturated carbocycles. The van der Waals surface area contributed by atoms with Gasteiger partial charge in [-0.1, -0.05) is 23.7 Å². The molecule has 0 aliphatic carbocycles. The van der Waals surface area contributed by atoms with Gasteiger partial charge < -0.3 is 24.6 Å². The molecule has 3 rings (SSSR count). The van der Waals surface area contributed by atoms with Gasteiger partial charge in [0.2, 0.25) is 11.8 Å². The first-order chi connectivity index (χ1) is 16.0. The highest BCUT2D eigenvalue weighted by Crippen LogP contribution is 2.27. The second-order valence-corrected chi connectivity index (χ2v) is 8.50. The van der Waals surface area contributed by atoms with E-state index in [1.54, 1.807) is 32.4 Å². The largest absolute Gasteiger partial charge is 0.497 e. The maximum atomic E-state index is 12.7. The van der Waals surface area contributed by atoms with Crippen molar-refractivity contribution in [1.82, 2.24) is 9.80 Å². The maximum absolute atomic E-state index is 12.7. The van der Waals surface area contributed by atoms with Crippen molar-refractivity contribution < 1.29 is 19.1 Å². The minimum atomic E-state index is -0.0905. The number of carbonyl (C=O) groups excluding carboxylic acids is 2. The third kappa shape index (κ3) is 7.65. The molecule has 7 nitrogen and oxygen atoms in total. The number of benzene rings is 2. The molecule has 2 aromatic carbocycles. The van der Waals surface area contributed by atoms with Crippen LogP contribution < -0.4 is 14.8 Å². The van der Waals surface area contributed by atoms with E-state index >= 15 is 0 Å². The van der Waals surface area contributed by atoms with Crippen LogP contribution in [-0.2, 0) is 16.0 Å². The fourth-order valence-corrected chi connectivity index (χ4v) is 4.07. The number of nitrogens with zero attached hydrogens (tertiary/aromatic N) is 2. The fourth-order valence-electron chi connectivity index (χ4n) is 3.90. The first kappa shape index (κ1) is 24.9. The van der Waals surface area contributed by atoms with Gasteiger partial charge in [0.15, 0.2) is 0 Å². The lowest BCUT2D eigenvalue weighted by molar-refractivity contribution is -0.131. The van der Waals surface area contributed by atoms with Gasteiger partial charge in [-0.15, -0.1) is 0 Å². The van der Waals surface area contributed by atoms with Crippen molar-refractivity contribution >= 4 is 29.1 Å². The Morgan fingerprint density at radius 2 is 1.76 bits per heavy atom. The molecule has 1 N–H and O–H groups in total. The van der Waals surface area contributed by atoms with Gasteiger partial charge in [0.1, 0.15) is 11.5 Å². The summed E-state index contributed by atoms with van der Waals surface area (Å²) in [6.07, 6.45) is 2.48. The predicted molar refractivity (Wildman–Crippen MR) is 130 cm³/mol. The lowest BCUT2D eigenvalue weighted by Gasteiger charge is -2.22. The van der Waals surface area contributed by atoms with Crippen LogP contribution in [-0.4, -0.2) is 68.6 Å². The van der Waals surface area contributed by atoms with E-state index in [1.165, 1.54) is 0 Å². The van der Waals surface area contributed by atoms with E-state index in [1.807, 2.05) is 29.2 Å². The smallest absolute Gasteiger partial charge is 0.225 e. The summed E-state index contributed by atoms with van der Waals surface area (Å²) in [4.78, 5) is 29.3. The molecule has 1 aliphatic rings. The summed E-state index contributed by atoms with van der Waals surface area (Å²) >= 11 is 6.03. The van der Waals surface area contributed by atoms with Crippen LogP contribution in [0.1, 0.15) is 24.8 Å². The highest BCUT2D eigenvalue weighted by molar-refractivity contribution is 6.31. The number of rotatable bonds is 9. The van der Waals surface area contributed by atoms with Crippen molar-refractivity contribution in [2.75, 3.05) is 52.3 Å². The second-order valence-electron chi connectivity index (χ2n) is 8.07. The Balaban J connectivity index is 1.41. The number of nitrogens with one attached hydrogen (secondary N) is 1. The van der Waals surface area contributed by atoms with Crippen LogP contribution in [0.2, 0.25) is 5.02 Å². The predicted octanol–water partition coefficient (Wildman–Crippen LogP) is 3.85. The van der Waals surface area contributed by atoms with Crippen LogP contribution >= 0.6 is 11.6 Å². The fraction of sp³-hybridized carbons (Fsp3) is 0.440. The molecule has 2 amide bonds. The Labute approximate surface area is 200 Å². The average molecular weight is 474 g/mol. The van der Waals surface area contributed by atoms with E-state index in [9.17, 15) is 9.59 Å². The van der Waals surface area contributed by atoms with E-state index in [-0.39, 0.29) is 11.8 Å². The molecule has 1 heterocycles. The Hall–Kier alpha value is -2.77. The van der Waals surface area contributed by atoms with E-state index in [0.717, 1.165) is 43.8 Å². The molecule has 2 aromatic rings. The van der Waals surface area contributed by atoms with Crippen molar-refractivity contribution in [3.8, 4) is 11.5 Å². The number of carbonyl (C=O) groups is 2. The molecule has 0 aromatic heterocycles. The molecule has 178 valence electrons. The molecular formula is C25H32ClN3O4. The summed E-state index contributed by atoms with van der Waals surface area (Å²) in [6.45, 7) is 3.72. The lowest BCUT2D eigenvalue weighted by atomic mass is 10.1. The monoisotopic (exact) mass is 473 g/mol. The normalized spacial score (nSPS) is 14.5. The standard InChI is InChI=1S/C25H32ClN3O4/c1-32-21-8-4-19(5-9-21)6-11-25(31)29-14-3-13-28(16-17-29)15-12-24(30)27-22-18-20(26)7-10-23(22)33-2/h4-5,7-10,18H,3,6,11-17H2,1-2H3,(H,27,30). The summed E-state index contributed by atoms with van der Waals surface area (Å²) in [6, 6.07) is 13.0. The van der Waals surface area contributed by atoms with Gasteiger partial charge >= 0.3 is 0 Å². The number of halogens is 1. The highest BCUT2D eigenvalue weighted by Gasteiger charge is 2.19. The van der Waals surface area contributed by atoms with E-state index in [2.05, 4.69) is 10.2 Å². The minimum Gasteiger partial charge on any atom is -0.497 e. The molecule has 1 aliphatic heterocycles. The van der Waals surface area contributed by atoms with Crippen LogP contribution in [0.25, 0.3) is 0 Å². The number of hydrogen-bond acceptors (Lipinski definition) is 5. The van der Waals surface area contributed by atoms with Crippen LogP contribution in [0.15, 0.2) is 42.5 Å². The minimum absolute atomic E-state index is 0.0905. The van der Waals surface area contributed by atoms with Gasteiger partial charge in [-0.2, -0.15) is 0 Å². The van der Waals surface area contributed by atoms with Crippen molar-refractivity contribution in [3.63, 3.8) is 0 Å². The zero-order valence-electron chi connectivity index (χ0n) is 19.3. The first-order valence-corrected chi connectivity index (χ1v) is 11.6. The Morgan fingerprint density at radius 3 is 2.48 bits per heavy atom. The molecule has 1 saturated heterocycles.